The normalized spacial score (nSPS) is 10.7. The number of nitro benzene ring substituents is 1. The molecule has 0 saturated heterocycles. The van der Waals surface area contributed by atoms with Gasteiger partial charge < -0.3 is 0 Å². The lowest BCUT2D eigenvalue weighted by molar-refractivity contribution is -0.384. The van der Waals surface area contributed by atoms with Crippen molar-refractivity contribution in [1.82, 2.24) is 9.55 Å². The van der Waals surface area contributed by atoms with E-state index in [4.69, 9.17) is 0 Å². The monoisotopic (exact) mass is 281 g/mol. The highest BCUT2D eigenvalue weighted by Gasteiger charge is 2.12. The van der Waals surface area contributed by atoms with Crippen LogP contribution in [-0.2, 0) is 0 Å². The molecule has 2 aromatic carbocycles. The molecule has 0 unspecified atom stereocenters. The minimum Gasteiger partial charge on any atom is -0.268 e. The summed E-state index contributed by atoms with van der Waals surface area (Å²) in [6.07, 6.45) is 1.44. The van der Waals surface area contributed by atoms with Crippen molar-refractivity contribution in [1.29, 1.82) is 0 Å². The molecule has 0 N–H and O–H groups in total. The predicted octanol–water partition coefficient (Wildman–Crippen LogP) is 2.60. The van der Waals surface area contributed by atoms with E-state index in [9.17, 15) is 14.9 Å². The molecule has 104 valence electrons. The molecule has 0 aliphatic rings. The van der Waals surface area contributed by atoms with Crippen molar-refractivity contribution in [3.05, 3.63) is 74.8 Å². The molecule has 0 radical (unpaired) electrons. The topological polar surface area (TPSA) is 78.0 Å². The Morgan fingerprint density at radius 2 is 1.95 bits per heavy atom. The van der Waals surface area contributed by atoms with E-state index >= 15 is 0 Å². The Labute approximate surface area is 119 Å². The molecule has 0 aliphatic heterocycles. The average molecular weight is 281 g/mol. The first-order valence-corrected chi connectivity index (χ1v) is 6.30. The van der Waals surface area contributed by atoms with Gasteiger partial charge >= 0.3 is 0 Å². The Morgan fingerprint density at radius 3 is 2.67 bits per heavy atom. The fourth-order valence-electron chi connectivity index (χ4n) is 2.23. The van der Waals surface area contributed by atoms with Crippen LogP contribution in [0, 0.1) is 17.0 Å². The first kappa shape index (κ1) is 13.0. The van der Waals surface area contributed by atoms with Crippen molar-refractivity contribution in [2.24, 2.45) is 0 Å². The Morgan fingerprint density at radius 1 is 1.19 bits per heavy atom. The molecular formula is C15H11N3O3. The highest BCUT2D eigenvalue weighted by Crippen LogP contribution is 2.18. The average Bonchev–Trinajstić information content (AvgIpc) is 2.48. The second-order valence-electron chi connectivity index (χ2n) is 4.66. The lowest BCUT2D eigenvalue weighted by atomic mass is 10.2. The summed E-state index contributed by atoms with van der Waals surface area (Å²) >= 11 is 0. The number of non-ortho nitro benzene ring substituents is 1. The van der Waals surface area contributed by atoms with Crippen LogP contribution in [0.4, 0.5) is 5.69 Å². The molecule has 0 saturated carbocycles. The number of rotatable bonds is 2. The summed E-state index contributed by atoms with van der Waals surface area (Å²) in [5.41, 5.74) is 1.63. The van der Waals surface area contributed by atoms with Crippen molar-refractivity contribution < 1.29 is 4.92 Å². The van der Waals surface area contributed by atoms with Gasteiger partial charge in [0.15, 0.2) is 0 Å². The number of benzene rings is 2. The molecule has 0 spiro atoms. The van der Waals surface area contributed by atoms with Gasteiger partial charge in [0, 0.05) is 12.1 Å². The lowest BCUT2D eigenvalue weighted by Gasteiger charge is -2.09. The van der Waals surface area contributed by atoms with Crippen molar-refractivity contribution >= 4 is 16.6 Å². The third-order valence-corrected chi connectivity index (χ3v) is 3.33. The molecule has 0 bridgehead atoms. The third kappa shape index (κ3) is 2.16. The van der Waals surface area contributed by atoms with Crippen molar-refractivity contribution in [2.75, 3.05) is 0 Å². The molecular weight excluding hydrogens is 270 g/mol. The van der Waals surface area contributed by atoms with Crippen LogP contribution in [0.5, 0.6) is 0 Å². The number of nitro groups is 1. The minimum absolute atomic E-state index is 0.121. The van der Waals surface area contributed by atoms with Gasteiger partial charge in [-0.05, 0) is 24.6 Å². The van der Waals surface area contributed by atoms with Gasteiger partial charge in [-0.15, -0.1) is 0 Å². The summed E-state index contributed by atoms with van der Waals surface area (Å²) in [6.45, 7) is 1.89. The van der Waals surface area contributed by atoms with Crippen molar-refractivity contribution in [3.8, 4) is 5.69 Å². The van der Waals surface area contributed by atoms with Gasteiger partial charge in [0.05, 0.1) is 21.5 Å². The van der Waals surface area contributed by atoms with E-state index < -0.39 is 4.92 Å². The van der Waals surface area contributed by atoms with Crippen LogP contribution < -0.4 is 5.56 Å². The molecule has 0 amide bonds. The van der Waals surface area contributed by atoms with E-state index in [-0.39, 0.29) is 16.6 Å². The maximum Gasteiger partial charge on any atom is 0.270 e. The Balaban J connectivity index is 2.32. The fourth-order valence-corrected chi connectivity index (χ4v) is 2.23. The van der Waals surface area contributed by atoms with Gasteiger partial charge in [-0.2, -0.15) is 0 Å². The van der Waals surface area contributed by atoms with E-state index in [2.05, 4.69) is 4.98 Å². The van der Waals surface area contributed by atoms with Crippen LogP contribution in [0.25, 0.3) is 16.6 Å². The highest BCUT2D eigenvalue weighted by molar-refractivity contribution is 5.80. The first-order valence-electron chi connectivity index (χ1n) is 6.30. The number of fused-ring (bicyclic) bond motifs is 1. The summed E-state index contributed by atoms with van der Waals surface area (Å²) in [5.74, 6) is 0. The fraction of sp³-hybridized carbons (Fsp3) is 0.0667. The van der Waals surface area contributed by atoms with E-state index in [1.165, 1.54) is 29.1 Å². The van der Waals surface area contributed by atoms with E-state index in [0.29, 0.717) is 11.2 Å². The number of aryl methyl sites for hydroxylation is 1. The smallest absolute Gasteiger partial charge is 0.268 e. The summed E-state index contributed by atoms with van der Waals surface area (Å²) in [4.78, 5) is 27.1. The van der Waals surface area contributed by atoms with E-state index in [1.807, 2.05) is 31.2 Å². The minimum atomic E-state index is -0.524. The highest BCUT2D eigenvalue weighted by atomic mass is 16.6. The third-order valence-electron chi connectivity index (χ3n) is 3.33. The van der Waals surface area contributed by atoms with Crippen LogP contribution in [0.3, 0.4) is 0 Å². The van der Waals surface area contributed by atoms with Crippen molar-refractivity contribution in [2.45, 2.75) is 6.92 Å². The number of nitrogens with zero attached hydrogens (tertiary/aromatic N) is 3. The van der Waals surface area contributed by atoms with Gasteiger partial charge in [-0.1, -0.05) is 18.2 Å². The summed E-state index contributed by atoms with van der Waals surface area (Å²) in [7, 11) is 0. The maximum atomic E-state index is 12.6. The predicted molar refractivity (Wildman–Crippen MR) is 78.7 cm³/mol. The summed E-state index contributed by atoms with van der Waals surface area (Å²) in [5, 5.41) is 11.1. The van der Waals surface area contributed by atoms with Gasteiger partial charge in [-0.3, -0.25) is 19.5 Å². The SMILES string of the molecule is Cc1ccccc1-n1cnc2ccc([N+](=O)[O-])cc2c1=O. The van der Waals surface area contributed by atoms with Gasteiger partial charge in [0.1, 0.15) is 6.33 Å². The number of hydrogen-bond donors (Lipinski definition) is 0. The van der Waals surface area contributed by atoms with Crippen LogP contribution >= 0.6 is 0 Å². The standard InChI is InChI=1S/C15H11N3O3/c1-10-4-2-3-5-14(10)17-9-16-13-7-6-11(18(20)21)8-12(13)15(17)19/h2-9H,1H3. The lowest BCUT2D eigenvalue weighted by Crippen LogP contribution is -2.19. The van der Waals surface area contributed by atoms with Gasteiger partial charge in [0.2, 0.25) is 0 Å². The Bertz CT molecular complexity index is 915. The molecule has 0 atom stereocenters. The van der Waals surface area contributed by atoms with Crippen LogP contribution in [0.1, 0.15) is 5.56 Å². The molecule has 0 aliphatic carbocycles. The molecule has 0 fully saturated rings. The van der Waals surface area contributed by atoms with Crippen molar-refractivity contribution in [3.63, 3.8) is 0 Å². The summed E-state index contributed by atoms with van der Waals surface area (Å²) < 4.78 is 1.40. The quantitative estimate of drug-likeness (QED) is 0.534. The van der Waals surface area contributed by atoms with E-state index in [1.54, 1.807) is 0 Å². The molecule has 21 heavy (non-hydrogen) atoms. The molecule has 3 aromatic rings. The molecule has 1 heterocycles. The number of aromatic nitrogens is 2. The zero-order valence-electron chi connectivity index (χ0n) is 11.2. The molecule has 1 aromatic heterocycles. The summed E-state index contributed by atoms with van der Waals surface area (Å²) in [6, 6.07) is 11.5. The second-order valence-corrected chi connectivity index (χ2v) is 4.66. The number of para-hydroxylation sites is 1. The zero-order valence-corrected chi connectivity index (χ0v) is 11.2. The zero-order chi connectivity index (χ0) is 15.0. The largest absolute Gasteiger partial charge is 0.270 e. The van der Waals surface area contributed by atoms with Crippen LogP contribution in [0.15, 0.2) is 53.6 Å². The first-order chi connectivity index (χ1) is 10.1. The Kier molecular flexibility index (Phi) is 2.98. The van der Waals surface area contributed by atoms with Gasteiger partial charge in [0.25, 0.3) is 11.2 Å². The van der Waals surface area contributed by atoms with E-state index in [0.717, 1.165) is 5.56 Å². The van der Waals surface area contributed by atoms with Crippen LogP contribution in [0.2, 0.25) is 0 Å². The maximum absolute atomic E-state index is 12.6. The van der Waals surface area contributed by atoms with Crippen LogP contribution in [-0.4, -0.2) is 14.5 Å². The number of hydrogen-bond acceptors (Lipinski definition) is 4. The molecule has 6 nitrogen and oxygen atoms in total. The Hall–Kier alpha value is -3.02. The van der Waals surface area contributed by atoms with Gasteiger partial charge in [-0.25, -0.2) is 4.98 Å². The molecule has 3 rings (SSSR count). The molecule has 6 heteroatoms. The second kappa shape index (κ2) is 4.82.